The lowest BCUT2D eigenvalue weighted by Crippen LogP contribution is -2.13. The average molecular weight is 379 g/mol. The normalized spacial score (nSPS) is 10.5. The Morgan fingerprint density at radius 2 is 1.82 bits per heavy atom. The Balaban J connectivity index is 1.88. The maximum absolute atomic E-state index is 12.3. The number of benzene rings is 2. The molecule has 2 aromatic carbocycles. The molecule has 0 bridgehead atoms. The van der Waals surface area contributed by atoms with Crippen LogP contribution in [0.15, 0.2) is 57.6 Å². The van der Waals surface area contributed by atoms with Gasteiger partial charge in [0.25, 0.3) is 5.91 Å². The van der Waals surface area contributed by atoms with Gasteiger partial charge >= 0.3 is 0 Å². The van der Waals surface area contributed by atoms with Crippen molar-refractivity contribution in [3.8, 4) is 11.3 Å². The molecule has 0 aliphatic heterocycles. The molecule has 3 rings (SSSR count). The number of carbonyl (C=O) groups excluding carboxylic acids is 1. The van der Waals surface area contributed by atoms with Gasteiger partial charge in [-0.15, -0.1) is 0 Å². The Bertz CT molecular complexity index is 818. The molecule has 0 saturated heterocycles. The van der Waals surface area contributed by atoms with Crippen LogP contribution in [0.25, 0.3) is 11.3 Å². The van der Waals surface area contributed by atoms with Crippen molar-refractivity contribution in [3.63, 3.8) is 0 Å². The number of carbonyl (C=O) groups is 1. The molecule has 0 unspecified atom stereocenters. The molecule has 1 amide bonds. The van der Waals surface area contributed by atoms with Gasteiger partial charge in [0.2, 0.25) is 5.82 Å². The molecular weight excluding hydrogens is 370 g/mol. The van der Waals surface area contributed by atoms with Crippen molar-refractivity contribution in [1.82, 2.24) is 10.3 Å². The highest BCUT2D eigenvalue weighted by Gasteiger charge is 2.17. The number of nitrogens with one attached hydrogen (secondary N) is 1. The lowest BCUT2D eigenvalue weighted by atomic mass is 10.1. The lowest BCUT2D eigenvalue weighted by molar-refractivity contribution is 0.102. The summed E-state index contributed by atoms with van der Waals surface area (Å²) >= 11 is 9.37. The third-order valence-corrected chi connectivity index (χ3v) is 3.81. The van der Waals surface area contributed by atoms with E-state index in [0.29, 0.717) is 16.3 Å². The molecule has 22 heavy (non-hydrogen) atoms. The summed E-state index contributed by atoms with van der Waals surface area (Å²) in [6.45, 7) is 0. The zero-order valence-electron chi connectivity index (χ0n) is 11.1. The van der Waals surface area contributed by atoms with Gasteiger partial charge in [0, 0.05) is 10.0 Å². The number of aromatic nitrogens is 2. The van der Waals surface area contributed by atoms with E-state index < -0.39 is 0 Å². The summed E-state index contributed by atoms with van der Waals surface area (Å²) in [6.07, 6.45) is 0. The molecular formula is C15H9BrClN3O2. The van der Waals surface area contributed by atoms with Gasteiger partial charge in [-0.1, -0.05) is 51.8 Å². The molecule has 0 saturated carbocycles. The predicted molar refractivity (Wildman–Crippen MR) is 86.8 cm³/mol. The highest BCUT2D eigenvalue weighted by Crippen LogP contribution is 2.26. The predicted octanol–water partition coefficient (Wildman–Crippen LogP) is 4.40. The van der Waals surface area contributed by atoms with Crippen LogP contribution >= 0.6 is 27.5 Å². The second-order valence-electron chi connectivity index (χ2n) is 4.40. The summed E-state index contributed by atoms with van der Waals surface area (Å²) in [5, 5.41) is 10.6. The van der Waals surface area contributed by atoms with E-state index in [0.717, 1.165) is 10.0 Å². The number of nitrogens with zero attached hydrogens (tertiary/aromatic N) is 2. The van der Waals surface area contributed by atoms with Gasteiger partial charge in [-0.05, 0) is 34.6 Å². The van der Waals surface area contributed by atoms with Crippen LogP contribution in [0.2, 0.25) is 5.02 Å². The van der Waals surface area contributed by atoms with Crippen molar-refractivity contribution in [2.24, 2.45) is 0 Å². The molecule has 1 N–H and O–H groups in total. The Morgan fingerprint density at radius 1 is 1.09 bits per heavy atom. The topological polar surface area (TPSA) is 68.0 Å². The van der Waals surface area contributed by atoms with Crippen LogP contribution in [-0.4, -0.2) is 16.2 Å². The molecule has 1 heterocycles. The average Bonchev–Trinajstić information content (AvgIpc) is 2.96. The second kappa shape index (κ2) is 6.29. The first-order valence-corrected chi connectivity index (χ1v) is 7.46. The first-order chi connectivity index (χ1) is 10.6. The fourth-order valence-electron chi connectivity index (χ4n) is 1.89. The maximum atomic E-state index is 12.3. The Kier molecular flexibility index (Phi) is 4.22. The van der Waals surface area contributed by atoms with Crippen molar-refractivity contribution in [1.29, 1.82) is 0 Å². The molecule has 0 radical (unpaired) electrons. The van der Waals surface area contributed by atoms with E-state index in [1.54, 1.807) is 24.3 Å². The molecule has 0 spiro atoms. The van der Waals surface area contributed by atoms with Gasteiger partial charge in [0.15, 0.2) is 5.69 Å². The summed E-state index contributed by atoms with van der Waals surface area (Å²) < 4.78 is 5.68. The standard InChI is InChI=1S/C15H9BrClN3O2/c16-10-7-5-9(6-8-10)13-14(20-22-19-13)18-15(21)11-3-1-2-4-12(11)17/h1-8H,(H,18,20,21). The van der Waals surface area contributed by atoms with Crippen molar-refractivity contribution < 1.29 is 9.42 Å². The van der Waals surface area contributed by atoms with Crippen LogP contribution in [0.4, 0.5) is 5.82 Å². The first-order valence-electron chi connectivity index (χ1n) is 6.29. The van der Waals surface area contributed by atoms with E-state index in [1.165, 1.54) is 0 Å². The van der Waals surface area contributed by atoms with Gasteiger partial charge in [0.1, 0.15) is 0 Å². The molecule has 3 aromatic rings. The largest absolute Gasteiger partial charge is 0.302 e. The minimum atomic E-state index is -0.375. The number of halogens is 2. The Morgan fingerprint density at radius 3 is 2.55 bits per heavy atom. The van der Waals surface area contributed by atoms with E-state index in [1.807, 2.05) is 24.3 Å². The Labute approximate surface area is 139 Å². The number of hydrogen-bond acceptors (Lipinski definition) is 4. The van der Waals surface area contributed by atoms with Crippen molar-refractivity contribution >= 4 is 39.3 Å². The van der Waals surface area contributed by atoms with Crippen molar-refractivity contribution in [2.45, 2.75) is 0 Å². The fraction of sp³-hybridized carbons (Fsp3) is 0. The minimum absolute atomic E-state index is 0.243. The summed E-state index contributed by atoms with van der Waals surface area (Å²) in [7, 11) is 0. The SMILES string of the molecule is O=C(Nc1nonc1-c1ccc(Br)cc1)c1ccccc1Cl. The molecule has 1 aromatic heterocycles. The monoisotopic (exact) mass is 377 g/mol. The third kappa shape index (κ3) is 3.03. The summed E-state index contributed by atoms with van der Waals surface area (Å²) in [5.41, 5.74) is 1.58. The van der Waals surface area contributed by atoms with Crippen LogP contribution in [0.3, 0.4) is 0 Å². The number of anilines is 1. The summed E-state index contributed by atoms with van der Waals surface area (Å²) in [4.78, 5) is 12.3. The second-order valence-corrected chi connectivity index (χ2v) is 5.73. The van der Waals surface area contributed by atoms with E-state index in [-0.39, 0.29) is 11.7 Å². The van der Waals surface area contributed by atoms with Gasteiger partial charge in [-0.25, -0.2) is 4.63 Å². The minimum Gasteiger partial charge on any atom is -0.302 e. The molecule has 110 valence electrons. The van der Waals surface area contributed by atoms with E-state index in [9.17, 15) is 4.79 Å². The fourth-order valence-corrected chi connectivity index (χ4v) is 2.37. The van der Waals surface area contributed by atoms with E-state index in [4.69, 9.17) is 16.2 Å². The van der Waals surface area contributed by atoms with E-state index in [2.05, 4.69) is 31.6 Å². The number of amides is 1. The summed E-state index contributed by atoms with van der Waals surface area (Å²) in [5.74, 6) is -0.132. The summed E-state index contributed by atoms with van der Waals surface area (Å²) in [6, 6.07) is 14.2. The highest BCUT2D eigenvalue weighted by atomic mass is 79.9. The van der Waals surface area contributed by atoms with Crippen LogP contribution in [0.1, 0.15) is 10.4 Å². The zero-order valence-corrected chi connectivity index (χ0v) is 13.4. The van der Waals surface area contributed by atoms with E-state index >= 15 is 0 Å². The highest BCUT2D eigenvalue weighted by molar-refractivity contribution is 9.10. The maximum Gasteiger partial charge on any atom is 0.258 e. The van der Waals surface area contributed by atoms with Crippen LogP contribution < -0.4 is 5.32 Å². The molecule has 0 aliphatic rings. The smallest absolute Gasteiger partial charge is 0.258 e. The quantitative estimate of drug-likeness (QED) is 0.733. The Hall–Kier alpha value is -2.18. The van der Waals surface area contributed by atoms with Gasteiger partial charge < -0.3 is 5.32 Å². The van der Waals surface area contributed by atoms with Gasteiger partial charge in [0.05, 0.1) is 10.6 Å². The first kappa shape index (κ1) is 14.7. The number of rotatable bonds is 3. The van der Waals surface area contributed by atoms with Gasteiger partial charge in [-0.3, -0.25) is 4.79 Å². The van der Waals surface area contributed by atoms with Crippen molar-refractivity contribution in [3.05, 3.63) is 63.6 Å². The number of hydrogen-bond donors (Lipinski definition) is 1. The molecule has 0 aliphatic carbocycles. The van der Waals surface area contributed by atoms with Crippen LogP contribution in [0.5, 0.6) is 0 Å². The molecule has 0 atom stereocenters. The van der Waals surface area contributed by atoms with Crippen LogP contribution in [-0.2, 0) is 0 Å². The zero-order chi connectivity index (χ0) is 15.5. The van der Waals surface area contributed by atoms with Gasteiger partial charge in [-0.2, -0.15) is 0 Å². The van der Waals surface area contributed by atoms with Crippen molar-refractivity contribution in [2.75, 3.05) is 5.32 Å². The molecule has 7 heteroatoms. The lowest BCUT2D eigenvalue weighted by Gasteiger charge is -2.05. The molecule has 5 nitrogen and oxygen atoms in total. The third-order valence-electron chi connectivity index (χ3n) is 2.96. The van der Waals surface area contributed by atoms with Crippen LogP contribution in [0, 0.1) is 0 Å². The molecule has 0 fully saturated rings.